The summed E-state index contributed by atoms with van der Waals surface area (Å²) in [5, 5.41) is 0.585. The van der Waals surface area contributed by atoms with Gasteiger partial charge < -0.3 is 14.5 Å². The van der Waals surface area contributed by atoms with Crippen LogP contribution in [0.15, 0.2) is 48.5 Å². The summed E-state index contributed by atoms with van der Waals surface area (Å²) in [4.78, 5) is 16.2. The molecule has 2 rings (SSSR count). The number of rotatable bonds is 6. The first-order valence-corrected chi connectivity index (χ1v) is 8.18. The van der Waals surface area contributed by atoms with E-state index in [1.54, 1.807) is 43.1 Å². The Kier molecular flexibility index (Phi) is 6.10. The number of carbonyl (C=O) groups excluding carboxylic acids is 1. The van der Waals surface area contributed by atoms with Gasteiger partial charge in [0.25, 0.3) is 5.91 Å². The summed E-state index contributed by atoms with van der Waals surface area (Å²) in [7, 11) is 5.78. The fourth-order valence-electron chi connectivity index (χ4n) is 2.36. The largest absolute Gasteiger partial charge is 0.481 e. The second-order valence-electron chi connectivity index (χ2n) is 5.97. The van der Waals surface area contributed by atoms with E-state index in [9.17, 15) is 4.79 Å². The van der Waals surface area contributed by atoms with E-state index in [0.29, 0.717) is 17.3 Å². The van der Waals surface area contributed by atoms with Crippen LogP contribution in [0.2, 0.25) is 5.02 Å². The number of carbonyl (C=O) groups is 1. The van der Waals surface area contributed by atoms with Gasteiger partial charge in [-0.3, -0.25) is 4.79 Å². The van der Waals surface area contributed by atoms with Crippen LogP contribution in [0, 0.1) is 0 Å². The Labute approximate surface area is 148 Å². The minimum atomic E-state index is -0.575. The Balaban J connectivity index is 1.95. The second-order valence-corrected chi connectivity index (χ2v) is 6.41. The van der Waals surface area contributed by atoms with Crippen molar-refractivity contribution in [1.29, 1.82) is 0 Å². The minimum Gasteiger partial charge on any atom is -0.481 e. The molecule has 2 aromatic carbocycles. The topological polar surface area (TPSA) is 32.8 Å². The fourth-order valence-corrected chi connectivity index (χ4v) is 2.54. The molecule has 0 heterocycles. The highest BCUT2D eigenvalue weighted by Crippen LogP contribution is 2.19. The monoisotopic (exact) mass is 346 g/mol. The van der Waals surface area contributed by atoms with E-state index in [0.717, 1.165) is 11.3 Å². The summed E-state index contributed by atoms with van der Waals surface area (Å²) in [5.74, 6) is 0.513. The molecule has 4 nitrogen and oxygen atoms in total. The fraction of sp³-hybridized carbons (Fsp3) is 0.316. The molecule has 1 atom stereocenters. The molecule has 0 aliphatic carbocycles. The molecule has 0 aromatic heterocycles. The number of hydrogen-bond donors (Lipinski definition) is 0. The molecule has 2 aromatic rings. The van der Waals surface area contributed by atoms with E-state index in [2.05, 4.69) is 0 Å². The van der Waals surface area contributed by atoms with Crippen LogP contribution >= 0.6 is 11.6 Å². The third-order valence-electron chi connectivity index (χ3n) is 3.71. The molecule has 0 saturated heterocycles. The molecule has 0 radical (unpaired) electrons. The zero-order valence-electron chi connectivity index (χ0n) is 14.5. The highest BCUT2D eigenvalue weighted by Gasteiger charge is 2.19. The van der Waals surface area contributed by atoms with E-state index < -0.39 is 6.10 Å². The van der Waals surface area contributed by atoms with Crippen molar-refractivity contribution in [2.24, 2.45) is 0 Å². The molecule has 0 aliphatic heterocycles. The molecule has 1 amide bonds. The number of likely N-dealkylation sites (N-methyl/N-ethyl adjacent to an activating group) is 1. The first kappa shape index (κ1) is 18.1. The number of amides is 1. The zero-order valence-corrected chi connectivity index (χ0v) is 15.2. The lowest BCUT2D eigenvalue weighted by Crippen LogP contribution is -2.37. The van der Waals surface area contributed by atoms with Crippen LogP contribution in [0.5, 0.6) is 5.75 Å². The first-order valence-electron chi connectivity index (χ1n) is 7.80. The summed E-state index contributed by atoms with van der Waals surface area (Å²) >= 11 is 5.93. The molecule has 0 bridgehead atoms. The molecular weight excluding hydrogens is 324 g/mol. The number of anilines is 1. The van der Waals surface area contributed by atoms with Crippen LogP contribution in [-0.4, -0.2) is 38.1 Å². The van der Waals surface area contributed by atoms with E-state index in [1.165, 1.54) is 0 Å². The van der Waals surface area contributed by atoms with Gasteiger partial charge in [0.15, 0.2) is 6.10 Å². The number of benzene rings is 2. The van der Waals surface area contributed by atoms with Gasteiger partial charge in [-0.1, -0.05) is 29.8 Å². The second kappa shape index (κ2) is 8.06. The molecule has 24 heavy (non-hydrogen) atoms. The van der Waals surface area contributed by atoms with E-state index in [-0.39, 0.29) is 5.91 Å². The third kappa shape index (κ3) is 4.90. The van der Waals surface area contributed by atoms with Crippen LogP contribution < -0.4 is 9.64 Å². The highest BCUT2D eigenvalue weighted by molar-refractivity contribution is 6.30. The predicted octanol–water partition coefficient (Wildman–Crippen LogP) is 3.83. The van der Waals surface area contributed by atoms with Crippen LogP contribution in [0.3, 0.4) is 0 Å². The Hall–Kier alpha value is -2.20. The molecule has 128 valence electrons. The molecular formula is C19H23ClN2O2. The van der Waals surface area contributed by atoms with Crippen molar-refractivity contribution in [3.05, 3.63) is 59.1 Å². The maximum atomic E-state index is 12.5. The van der Waals surface area contributed by atoms with Crippen molar-refractivity contribution in [3.8, 4) is 5.75 Å². The molecule has 0 N–H and O–H groups in total. The van der Waals surface area contributed by atoms with Crippen molar-refractivity contribution in [2.75, 3.05) is 26.0 Å². The number of halogens is 1. The Morgan fingerprint density at radius 2 is 1.79 bits per heavy atom. The van der Waals surface area contributed by atoms with Crippen molar-refractivity contribution >= 4 is 23.2 Å². The van der Waals surface area contributed by atoms with E-state index in [1.807, 2.05) is 43.3 Å². The van der Waals surface area contributed by atoms with Crippen LogP contribution in [-0.2, 0) is 11.3 Å². The summed E-state index contributed by atoms with van der Waals surface area (Å²) < 4.78 is 5.68. The number of ether oxygens (including phenoxy) is 1. The molecule has 0 fully saturated rings. The number of nitrogens with zero attached hydrogens (tertiary/aromatic N) is 2. The summed E-state index contributed by atoms with van der Waals surface area (Å²) in [5.41, 5.74) is 2.21. The lowest BCUT2D eigenvalue weighted by molar-refractivity contribution is -0.137. The molecule has 5 heteroatoms. The summed E-state index contributed by atoms with van der Waals surface area (Å²) in [6, 6.07) is 15.2. The maximum Gasteiger partial charge on any atom is 0.263 e. The van der Waals surface area contributed by atoms with Gasteiger partial charge in [0.05, 0.1) is 0 Å². The predicted molar refractivity (Wildman–Crippen MR) is 98.8 cm³/mol. The standard InChI is InChI=1S/C19H23ClN2O2/c1-14(24-18-7-5-6-16(20)12-18)19(23)22(4)13-15-8-10-17(11-9-15)21(2)3/h5-12,14H,13H2,1-4H3. The van der Waals surface area contributed by atoms with Gasteiger partial charge in [-0.25, -0.2) is 0 Å². The lowest BCUT2D eigenvalue weighted by Gasteiger charge is -2.22. The average molecular weight is 347 g/mol. The Bertz CT molecular complexity index is 686. The molecule has 1 unspecified atom stereocenters. The van der Waals surface area contributed by atoms with Gasteiger partial charge in [-0.05, 0) is 42.8 Å². The first-order chi connectivity index (χ1) is 11.4. The summed E-state index contributed by atoms with van der Waals surface area (Å²) in [6.45, 7) is 2.28. The third-order valence-corrected chi connectivity index (χ3v) is 3.94. The molecule has 0 saturated carbocycles. The normalized spacial score (nSPS) is 11.7. The molecule has 0 aliphatic rings. The Morgan fingerprint density at radius 1 is 1.12 bits per heavy atom. The van der Waals surface area contributed by atoms with Crippen molar-refractivity contribution < 1.29 is 9.53 Å². The zero-order chi connectivity index (χ0) is 17.7. The van der Waals surface area contributed by atoms with Crippen molar-refractivity contribution in [3.63, 3.8) is 0 Å². The van der Waals surface area contributed by atoms with Gasteiger partial charge in [0.2, 0.25) is 0 Å². The summed E-state index contributed by atoms with van der Waals surface area (Å²) in [6.07, 6.45) is -0.575. The maximum absolute atomic E-state index is 12.5. The Morgan fingerprint density at radius 3 is 2.38 bits per heavy atom. The number of hydrogen-bond acceptors (Lipinski definition) is 3. The lowest BCUT2D eigenvalue weighted by atomic mass is 10.2. The van der Waals surface area contributed by atoms with Crippen LogP contribution in [0.1, 0.15) is 12.5 Å². The van der Waals surface area contributed by atoms with Gasteiger partial charge in [0, 0.05) is 38.4 Å². The molecule has 0 spiro atoms. The quantitative estimate of drug-likeness (QED) is 0.796. The van der Waals surface area contributed by atoms with Crippen LogP contribution in [0.25, 0.3) is 0 Å². The SMILES string of the molecule is CC(Oc1cccc(Cl)c1)C(=O)N(C)Cc1ccc(N(C)C)cc1. The van der Waals surface area contributed by atoms with E-state index in [4.69, 9.17) is 16.3 Å². The van der Waals surface area contributed by atoms with Crippen molar-refractivity contribution in [2.45, 2.75) is 19.6 Å². The van der Waals surface area contributed by atoms with Gasteiger partial charge in [0.1, 0.15) is 5.75 Å². The average Bonchev–Trinajstić information content (AvgIpc) is 2.54. The van der Waals surface area contributed by atoms with Gasteiger partial charge >= 0.3 is 0 Å². The van der Waals surface area contributed by atoms with Crippen molar-refractivity contribution in [1.82, 2.24) is 4.90 Å². The van der Waals surface area contributed by atoms with Gasteiger partial charge in [-0.15, -0.1) is 0 Å². The minimum absolute atomic E-state index is 0.0772. The van der Waals surface area contributed by atoms with Crippen LogP contribution in [0.4, 0.5) is 5.69 Å². The van der Waals surface area contributed by atoms with Gasteiger partial charge in [-0.2, -0.15) is 0 Å². The smallest absolute Gasteiger partial charge is 0.263 e. The highest BCUT2D eigenvalue weighted by atomic mass is 35.5. The van der Waals surface area contributed by atoms with E-state index >= 15 is 0 Å².